The molecule has 1 aliphatic rings. The van der Waals surface area contributed by atoms with Crippen LogP contribution in [0.25, 0.3) is 0 Å². The Morgan fingerprint density at radius 2 is 1.96 bits per heavy atom. The topological polar surface area (TPSA) is 68.8 Å². The zero-order valence-electron chi connectivity index (χ0n) is 14.5. The van der Waals surface area contributed by atoms with E-state index in [9.17, 15) is 4.79 Å². The minimum atomic E-state index is -0.722. The van der Waals surface area contributed by atoms with Gasteiger partial charge in [0.15, 0.2) is 11.5 Å². The normalized spacial score (nSPS) is 16.0. The fourth-order valence-corrected chi connectivity index (χ4v) is 2.80. The summed E-state index contributed by atoms with van der Waals surface area (Å²) in [6.07, 6.45) is 1.37. The number of carbonyl (C=O) groups is 1. The van der Waals surface area contributed by atoms with Gasteiger partial charge in [0.1, 0.15) is 5.60 Å². The molecule has 136 valence electrons. The second kappa shape index (κ2) is 9.71. The minimum Gasteiger partial charge on any atom is -0.493 e. The highest BCUT2D eigenvalue weighted by Crippen LogP contribution is 2.28. The van der Waals surface area contributed by atoms with Crippen LogP contribution in [0.1, 0.15) is 25.3 Å². The van der Waals surface area contributed by atoms with Crippen LogP contribution in [-0.4, -0.2) is 45.4 Å². The summed E-state index contributed by atoms with van der Waals surface area (Å²) in [5, 5.41) is 6.23. The molecule has 0 aromatic heterocycles. The van der Waals surface area contributed by atoms with Gasteiger partial charge in [0.25, 0.3) is 5.91 Å². The van der Waals surface area contributed by atoms with Crippen molar-refractivity contribution in [2.45, 2.75) is 31.9 Å². The Balaban J connectivity index is 0.00000288. The lowest BCUT2D eigenvalue weighted by atomic mass is 9.91. The van der Waals surface area contributed by atoms with Gasteiger partial charge in [-0.15, -0.1) is 12.4 Å². The lowest BCUT2D eigenvalue weighted by Crippen LogP contribution is -2.53. The summed E-state index contributed by atoms with van der Waals surface area (Å²) in [6, 6.07) is 5.66. The molecule has 6 nitrogen and oxygen atoms in total. The van der Waals surface area contributed by atoms with Crippen molar-refractivity contribution in [1.29, 1.82) is 0 Å². The Kier molecular flexibility index (Phi) is 8.31. The molecular formula is C17H27ClN2O4. The zero-order chi connectivity index (χ0) is 16.7. The van der Waals surface area contributed by atoms with E-state index in [0.717, 1.165) is 18.7 Å². The number of piperidine rings is 1. The molecule has 0 spiro atoms. The van der Waals surface area contributed by atoms with Crippen LogP contribution in [0.3, 0.4) is 0 Å². The summed E-state index contributed by atoms with van der Waals surface area (Å²) in [5.41, 5.74) is 0.239. The number of benzene rings is 1. The smallest absolute Gasteiger partial charge is 0.252 e. The number of halogens is 1. The van der Waals surface area contributed by atoms with Crippen molar-refractivity contribution < 1.29 is 19.0 Å². The summed E-state index contributed by atoms with van der Waals surface area (Å²) >= 11 is 0. The Bertz CT molecular complexity index is 533. The van der Waals surface area contributed by atoms with Crippen LogP contribution in [0.15, 0.2) is 18.2 Å². The zero-order valence-corrected chi connectivity index (χ0v) is 15.3. The molecule has 1 saturated heterocycles. The molecule has 0 radical (unpaired) electrons. The van der Waals surface area contributed by atoms with Crippen molar-refractivity contribution in [2.75, 3.05) is 33.9 Å². The number of nitrogens with one attached hydrogen (secondary N) is 2. The van der Waals surface area contributed by atoms with Crippen LogP contribution in [0.4, 0.5) is 0 Å². The van der Waals surface area contributed by atoms with Crippen LogP contribution in [-0.2, 0) is 16.1 Å². The van der Waals surface area contributed by atoms with Gasteiger partial charge in [0.05, 0.1) is 13.7 Å². The van der Waals surface area contributed by atoms with Crippen molar-refractivity contribution in [3.05, 3.63) is 23.8 Å². The molecule has 1 aromatic carbocycles. The van der Waals surface area contributed by atoms with Crippen LogP contribution >= 0.6 is 12.4 Å². The number of hydrogen-bond acceptors (Lipinski definition) is 5. The molecule has 2 rings (SSSR count). The fourth-order valence-electron chi connectivity index (χ4n) is 2.80. The van der Waals surface area contributed by atoms with Gasteiger partial charge >= 0.3 is 0 Å². The van der Waals surface area contributed by atoms with Crippen molar-refractivity contribution in [2.24, 2.45) is 0 Å². The first-order valence-electron chi connectivity index (χ1n) is 7.99. The predicted octanol–water partition coefficient (Wildman–Crippen LogP) is 1.90. The summed E-state index contributed by atoms with van der Waals surface area (Å²) in [7, 11) is 3.21. The van der Waals surface area contributed by atoms with Gasteiger partial charge in [-0.05, 0) is 50.6 Å². The van der Waals surface area contributed by atoms with Crippen LogP contribution in [0.5, 0.6) is 11.5 Å². The molecule has 1 fully saturated rings. The maximum absolute atomic E-state index is 12.5. The van der Waals surface area contributed by atoms with E-state index < -0.39 is 5.60 Å². The molecule has 1 aliphatic heterocycles. The van der Waals surface area contributed by atoms with E-state index in [-0.39, 0.29) is 18.3 Å². The molecular weight excluding hydrogens is 332 g/mol. The maximum atomic E-state index is 12.5. The van der Waals surface area contributed by atoms with Crippen molar-refractivity contribution >= 4 is 18.3 Å². The van der Waals surface area contributed by atoms with Gasteiger partial charge in [-0.1, -0.05) is 6.07 Å². The van der Waals surface area contributed by atoms with Crippen LogP contribution in [0.2, 0.25) is 0 Å². The lowest BCUT2D eigenvalue weighted by molar-refractivity contribution is -0.146. The first-order valence-corrected chi connectivity index (χ1v) is 7.99. The highest BCUT2D eigenvalue weighted by Gasteiger charge is 2.39. The second-order valence-corrected chi connectivity index (χ2v) is 5.55. The van der Waals surface area contributed by atoms with E-state index in [1.54, 1.807) is 14.2 Å². The molecule has 0 atom stereocenters. The number of amides is 1. The summed E-state index contributed by atoms with van der Waals surface area (Å²) < 4.78 is 16.4. The monoisotopic (exact) mass is 358 g/mol. The number of ether oxygens (including phenoxy) is 3. The first kappa shape index (κ1) is 20.5. The Hall–Kier alpha value is -1.50. The van der Waals surface area contributed by atoms with E-state index in [0.29, 0.717) is 37.5 Å². The first-order chi connectivity index (χ1) is 11.1. The van der Waals surface area contributed by atoms with Crippen molar-refractivity contribution in [3.63, 3.8) is 0 Å². The largest absolute Gasteiger partial charge is 0.493 e. The lowest BCUT2D eigenvalue weighted by Gasteiger charge is -2.34. The average molecular weight is 359 g/mol. The third-order valence-corrected chi connectivity index (χ3v) is 4.20. The highest BCUT2D eigenvalue weighted by atomic mass is 35.5. The molecule has 7 heteroatoms. The van der Waals surface area contributed by atoms with Gasteiger partial charge in [0.2, 0.25) is 0 Å². The fraction of sp³-hybridized carbons (Fsp3) is 0.588. The number of methoxy groups -OCH3 is 2. The molecule has 1 aromatic rings. The number of hydrogen-bond donors (Lipinski definition) is 2. The van der Waals surface area contributed by atoms with Gasteiger partial charge in [-0.2, -0.15) is 0 Å². The third-order valence-electron chi connectivity index (χ3n) is 4.20. The molecule has 2 N–H and O–H groups in total. The standard InChI is InChI=1S/C17H26N2O4.ClH/c1-4-23-15-11-13(5-6-14(15)21-2)12-19-16(20)17(22-3)7-9-18-10-8-17;/h5-6,11,18H,4,7-10,12H2,1-3H3,(H,19,20);1H. The van der Waals surface area contributed by atoms with Crippen molar-refractivity contribution in [3.8, 4) is 11.5 Å². The summed E-state index contributed by atoms with van der Waals surface area (Å²) in [5.74, 6) is 1.31. The average Bonchev–Trinajstić information content (AvgIpc) is 2.60. The van der Waals surface area contributed by atoms with Crippen molar-refractivity contribution in [1.82, 2.24) is 10.6 Å². The van der Waals surface area contributed by atoms with Gasteiger partial charge in [-0.25, -0.2) is 0 Å². The number of carbonyl (C=O) groups excluding carboxylic acids is 1. The van der Waals surface area contributed by atoms with Crippen LogP contribution in [0, 0.1) is 0 Å². The van der Waals surface area contributed by atoms with Gasteiger partial charge in [0, 0.05) is 13.7 Å². The predicted molar refractivity (Wildman–Crippen MR) is 95.1 cm³/mol. The third kappa shape index (κ3) is 4.75. The Morgan fingerprint density at radius 1 is 1.25 bits per heavy atom. The van der Waals surface area contributed by atoms with E-state index in [2.05, 4.69) is 10.6 Å². The van der Waals surface area contributed by atoms with E-state index in [1.807, 2.05) is 25.1 Å². The second-order valence-electron chi connectivity index (χ2n) is 5.55. The van der Waals surface area contributed by atoms with E-state index in [1.165, 1.54) is 0 Å². The number of rotatable bonds is 7. The van der Waals surface area contributed by atoms with Gasteiger partial charge < -0.3 is 24.8 Å². The van der Waals surface area contributed by atoms with Crippen LogP contribution < -0.4 is 20.1 Å². The van der Waals surface area contributed by atoms with E-state index in [4.69, 9.17) is 14.2 Å². The summed E-state index contributed by atoms with van der Waals surface area (Å²) in [4.78, 5) is 12.5. The quantitative estimate of drug-likeness (QED) is 0.779. The molecule has 24 heavy (non-hydrogen) atoms. The summed E-state index contributed by atoms with van der Waals surface area (Å²) in [6.45, 7) is 4.50. The highest BCUT2D eigenvalue weighted by molar-refractivity contribution is 5.85. The Morgan fingerprint density at radius 3 is 2.54 bits per heavy atom. The molecule has 1 heterocycles. The molecule has 0 saturated carbocycles. The Labute approximate surface area is 149 Å². The SMILES string of the molecule is CCOc1cc(CNC(=O)C2(OC)CCNCC2)ccc1OC.Cl. The minimum absolute atomic E-state index is 0. The molecule has 0 unspecified atom stereocenters. The molecule has 1 amide bonds. The van der Waals surface area contributed by atoms with E-state index >= 15 is 0 Å². The molecule has 0 aliphatic carbocycles. The maximum Gasteiger partial charge on any atom is 0.252 e. The van der Waals surface area contributed by atoms with Gasteiger partial charge in [-0.3, -0.25) is 4.79 Å². The molecule has 0 bridgehead atoms.